The summed E-state index contributed by atoms with van der Waals surface area (Å²) in [5.41, 5.74) is 0.0798. The molecule has 1 aromatic carbocycles. The van der Waals surface area contributed by atoms with Gasteiger partial charge in [0.2, 0.25) is 0 Å². The highest BCUT2D eigenvalue weighted by molar-refractivity contribution is 6.36. The molecule has 4 nitrogen and oxygen atoms in total. The Morgan fingerprint density at radius 1 is 1.35 bits per heavy atom. The second-order valence-corrected chi connectivity index (χ2v) is 4.97. The van der Waals surface area contributed by atoms with Crippen molar-refractivity contribution in [2.45, 2.75) is 13.0 Å². The molecular formula is C13H12Cl2FN3O. The molecule has 1 amide bonds. The summed E-state index contributed by atoms with van der Waals surface area (Å²) in [5.74, 6) is -1.09. The van der Waals surface area contributed by atoms with Gasteiger partial charge in [-0.3, -0.25) is 4.79 Å². The van der Waals surface area contributed by atoms with Crippen LogP contribution in [0.25, 0.3) is 0 Å². The number of rotatable bonds is 5. The molecule has 0 saturated heterocycles. The van der Waals surface area contributed by atoms with Gasteiger partial charge >= 0.3 is 0 Å². The van der Waals surface area contributed by atoms with Gasteiger partial charge in [0.15, 0.2) is 0 Å². The number of amides is 1. The van der Waals surface area contributed by atoms with Crippen LogP contribution < -0.4 is 5.32 Å². The fourth-order valence-electron chi connectivity index (χ4n) is 1.67. The van der Waals surface area contributed by atoms with Crippen molar-refractivity contribution < 1.29 is 9.18 Å². The molecule has 106 valence electrons. The second kappa shape index (κ2) is 6.72. The number of nitrogens with zero attached hydrogens (tertiary/aromatic N) is 2. The average molecular weight is 316 g/mol. The lowest BCUT2D eigenvalue weighted by atomic mass is 10.2. The van der Waals surface area contributed by atoms with Crippen molar-refractivity contribution in [3.05, 3.63) is 52.3 Å². The minimum Gasteiger partial charge on any atom is -0.352 e. The minimum atomic E-state index is -0.667. The molecule has 0 unspecified atom stereocenters. The highest BCUT2D eigenvalue weighted by Crippen LogP contribution is 2.24. The molecule has 0 aliphatic rings. The van der Waals surface area contributed by atoms with E-state index in [1.165, 1.54) is 6.07 Å². The first-order valence-corrected chi connectivity index (χ1v) is 6.72. The van der Waals surface area contributed by atoms with Crippen molar-refractivity contribution >= 4 is 29.1 Å². The van der Waals surface area contributed by atoms with Gasteiger partial charge in [-0.1, -0.05) is 23.2 Å². The Bertz CT molecular complexity index is 602. The molecule has 0 radical (unpaired) electrons. The fraction of sp³-hybridized carbons (Fsp3) is 0.231. The number of hydrogen-bond donors (Lipinski definition) is 1. The topological polar surface area (TPSA) is 46.9 Å². The number of nitrogens with one attached hydrogen (secondary N) is 1. The van der Waals surface area contributed by atoms with E-state index < -0.39 is 11.7 Å². The first kappa shape index (κ1) is 14.8. The van der Waals surface area contributed by atoms with E-state index >= 15 is 0 Å². The third-order valence-electron chi connectivity index (χ3n) is 2.69. The summed E-state index contributed by atoms with van der Waals surface area (Å²) in [6.07, 6.45) is 5.96. The number of halogens is 3. The Labute approximate surface area is 125 Å². The average Bonchev–Trinajstić information content (AvgIpc) is 2.92. The summed E-state index contributed by atoms with van der Waals surface area (Å²) in [7, 11) is 0. The molecule has 0 atom stereocenters. The summed E-state index contributed by atoms with van der Waals surface area (Å²) in [6.45, 7) is 1.20. The predicted molar refractivity (Wildman–Crippen MR) is 75.6 cm³/mol. The van der Waals surface area contributed by atoms with Crippen LogP contribution in [0.5, 0.6) is 0 Å². The molecule has 2 aromatic rings. The summed E-state index contributed by atoms with van der Waals surface area (Å²) < 4.78 is 15.2. The molecule has 0 saturated carbocycles. The van der Waals surface area contributed by atoms with Crippen LogP contribution in [0.4, 0.5) is 4.39 Å². The molecule has 0 fully saturated rings. The maximum Gasteiger partial charge on any atom is 0.252 e. The fourth-order valence-corrected chi connectivity index (χ4v) is 2.14. The van der Waals surface area contributed by atoms with E-state index in [4.69, 9.17) is 23.2 Å². The van der Waals surface area contributed by atoms with E-state index in [2.05, 4.69) is 10.3 Å². The van der Waals surface area contributed by atoms with Crippen molar-refractivity contribution in [3.8, 4) is 0 Å². The van der Waals surface area contributed by atoms with Crippen molar-refractivity contribution in [2.24, 2.45) is 0 Å². The highest BCUT2D eigenvalue weighted by Gasteiger charge is 2.13. The Balaban J connectivity index is 1.87. The van der Waals surface area contributed by atoms with Gasteiger partial charge in [-0.25, -0.2) is 9.37 Å². The largest absolute Gasteiger partial charge is 0.352 e. The molecule has 1 heterocycles. The molecule has 0 aliphatic carbocycles. The van der Waals surface area contributed by atoms with Gasteiger partial charge in [0, 0.05) is 25.5 Å². The van der Waals surface area contributed by atoms with Crippen LogP contribution in [0.2, 0.25) is 10.0 Å². The molecular weight excluding hydrogens is 304 g/mol. The lowest BCUT2D eigenvalue weighted by Gasteiger charge is -2.08. The summed E-state index contributed by atoms with van der Waals surface area (Å²) in [6, 6.07) is 2.26. The molecule has 0 bridgehead atoms. The molecule has 1 N–H and O–H groups in total. The molecule has 20 heavy (non-hydrogen) atoms. The molecule has 2 rings (SSSR count). The number of carbonyl (C=O) groups is 1. The second-order valence-electron chi connectivity index (χ2n) is 4.16. The summed E-state index contributed by atoms with van der Waals surface area (Å²) in [5, 5.41) is 2.71. The lowest BCUT2D eigenvalue weighted by molar-refractivity contribution is 0.0952. The number of benzene rings is 1. The SMILES string of the molecule is O=C(NCCCn1ccnc1)c1cc(F)c(Cl)cc1Cl. The van der Waals surface area contributed by atoms with Crippen LogP contribution in [0, 0.1) is 5.82 Å². The molecule has 1 aromatic heterocycles. The monoisotopic (exact) mass is 315 g/mol. The zero-order chi connectivity index (χ0) is 14.5. The van der Waals surface area contributed by atoms with Crippen molar-refractivity contribution in [1.82, 2.24) is 14.9 Å². The summed E-state index contributed by atoms with van der Waals surface area (Å²) >= 11 is 11.4. The molecule has 7 heteroatoms. The van der Waals surface area contributed by atoms with Crippen LogP contribution in [0.3, 0.4) is 0 Å². The van der Waals surface area contributed by atoms with Crippen molar-refractivity contribution in [2.75, 3.05) is 6.54 Å². The van der Waals surface area contributed by atoms with Gasteiger partial charge in [-0.05, 0) is 18.6 Å². The lowest BCUT2D eigenvalue weighted by Crippen LogP contribution is -2.25. The number of aryl methyl sites for hydroxylation is 1. The Kier molecular flexibility index (Phi) is 4.98. The van der Waals surface area contributed by atoms with Crippen molar-refractivity contribution in [1.29, 1.82) is 0 Å². The van der Waals surface area contributed by atoms with Crippen LogP contribution >= 0.6 is 23.2 Å². The van der Waals surface area contributed by atoms with E-state index in [0.29, 0.717) is 6.54 Å². The van der Waals surface area contributed by atoms with Crippen molar-refractivity contribution in [3.63, 3.8) is 0 Å². The van der Waals surface area contributed by atoms with Gasteiger partial charge in [-0.2, -0.15) is 0 Å². The molecule has 0 spiro atoms. The zero-order valence-corrected chi connectivity index (χ0v) is 12.0. The highest BCUT2D eigenvalue weighted by atomic mass is 35.5. The third-order valence-corrected chi connectivity index (χ3v) is 3.29. The minimum absolute atomic E-state index is 0.0798. The van der Waals surface area contributed by atoms with E-state index in [1.54, 1.807) is 12.5 Å². The smallest absolute Gasteiger partial charge is 0.252 e. The predicted octanol–water partition coefficient (Wildman–Crippen LogP) is 3.15. The Hall–Kier alpha value is -1.59. The van der Waals surface area contributed by atoms with Gasteiger partial charge in [-0.15, -0.1) is 0 Å². The van der Waals surface area contributed by atoms with E-state index in [-0.39, 0.29) is 15.6 Å². The zero-order valence-electron chi connectivity index (χ0n) is 10.4. The van der Waals surface area contributed by atoms with E-state index in [1.807, 2.05) is 10.8 Å². The Morgan fingerprint density at radius 3 is 2.85 bits per heavy atom. The van der Waals surface area contributed by atoms with E-state index in [9.17, 15) is 9.18 Å². The maximum atomic E-state index is 13.3. The first-order valence-electron chi connectivity index (χ1n) is 5.96. The van der Waals surface area contributed by atoms with Crippen LogP contribution in [0.1, 0.15) is 16.8 Å². The number of aromatic nitrogens is 2. The van der Waals surface area contributed by atoms with Gasteiger partial charge < -0.3 is 9.88 Å². The van der Waals surface area contributed by atoms with Gasteiger partial charge in [0.1, 0.15) is 5.82 Å². The van der Waals surface area contributed by atoms with Crippen LogP contribution in [-0.2, 0) is 6.54 Å². The normalized spacial score (nSPS) is 10.6. The Morgan fingerprint density at radius 2 is 2.15 bits per heavy atom. The third kappa shape index (κ3) is 3.71. The maximum absolute atomic E-state index is 13.3. The number of imidazole rings is 1. The van der Waals surface area contributed by atoms with Crippen LogP contribution in [0.15, 0.2) is 30.9 Å². The number of carbonyl (C=O) groups excluding carboxylic acids is 1. The number of hydrogen-bond acceptors (Lipinski definition) is 2. The molecule has 0 aliphatic heterocycles. The van der Waals surface area contributed by atoms with Gasteiger partial charge in [0.05, 0.1) is 21.9 Å². The quantitative estimate of drug-likeness (QED) is 0.680. The summed E-state index contributed by atoms with van der Waals surface area (Å²) in [4.78, 5) is 15.8. The van der Waals surface area contributed by atoms with Gasteiger partial charge in [0.25, 0.3) is 5.91 Å². The standard InChI is InChI=1S/C13H12Cl2FN3O/c14-10-7-11(15)12(16)6-9(10)13(20)18-2-1-4-19-5-3-17-8-19/h3,5-8H,1-2,4H2,(H,18,20). The van der Waals surface area contributed by atoms with Crippen LogP contribution in [-0.4, -0.2) is 22.0 Å². The first-order chi connectivity index (χ1) is 9.58. The van der Waals surface area contributed by atoms with E-state index in [0.717, 1.165) is 19.0 Å².